The predicted octanol–water partition coefficient (Wildman–Crippen LogP) is 1.68. The molecule has 0 saturated heterocycles. The number of nitrogens with two attached hydrogens (primary N) is 1. The summed E-state index contributed by atoms with van der Waals surface area (Å²) in [5.41, 5.74) is 5.89. The van der Waals surface area contributed by atoms with Crippen LogP contribution < -0.4 is 5.73 Å². The second-order valence-corrected chi connectivity index (χ2v) is 4.24. The summed E-state index contributed by atoms with van der Waals surface area (Å²) in [5.74, 6) is 0.989. The van der Waals surface area contributed by atoms with E-state index in [1.54, 1.807) is 0 Å². The summed E-state index contributed by atoms with van der Waals surface area (Å²) in [6.07, 6.45) is 8.11. The van der Waals surface area contributed by atoms with Crippen molar-refractivity contribution < 1.29 is 4.74 Å². The molecule has 70 valence electrons. The molecule has 0 aliphatic heterocycles. The molecule has 0 spiro atoms. The molecule has 2 aliphatic carbocycles. The second kappa shape index (κ2) is 3.75. The van der Waals surface area contributed by atoms with Crippen LogP contribution in [0.1, 0.15) is 38.5 Å². The molecule has 0 heterocycles. The van der Waals surface area contributed by atoms with Gasteiger partial charge < -0.3 is 10.5 Å². The molecule has 2 nitrogen and oxygen atoms in total. The van der Waals surface area contributed by atoms with E-state index in [4.69, 9.17) is 10.5 Å². The fourth-order valence-corrected chi connectivity index (χ4v) is 1.95. The van der Waals surface area contributed by atoms with Crippen LogP contribution in [0.2, 0.25) is 0 Å². The van der Waals surface area contributed by atoms with Gasteiger partial charge in [0.15, 0.2) is 0 Å². The molecule has 2 aliphatic rings. The van der Waals surface area contributed by atoms with E-state index in [-0.39, 0.29) is 0 Å². The first kappa shape index (κ1) is 8.52. The topological polar surface area (TPSA) is 35.2 Å². The molecule has 0 radical (unpaired) electrons. The first-order valence-electron chi connectivity index (χ1n) is 5.23. The Morgan fingerprint density at radius 2 is 2.00 bits per heavy atom. The Hall–Kier alpha value is -0.0800. The van der Waals surface area contributed by atoms with Crippen molar-refractivity contribution in [2.45, 2.75) is 50.7 Å². The van der Waals surface area contributed by atoms with Crippen molar-refractivity contribution >= 4 is 0 Å². The molecule has 0 amide bonds. The molecular weight excluding hydrogens is 150 g/mol. The second-order valence-electron chi connectivity index (χ2n) is 4.24. The smallest absolute Gasteiger partial charge is 0.0725 e. The summed E-state index contributed by atoms with van der Waals surface area (Å²) < 4.78 is 5.74. The molecular formula is C10H19NO. The Labute approximate surface area is 74.5 Å². The van der Waals surface area contributed by atoms with Crippen LogP contribution in [-0.4, -0.2) is 18.8 Å². The zero-order valence-electron chi connectivity index (χ0n) is 7.67. The Kier molecular flexibility index (Phi) is 2.66. The van der Waals surface area contributed by atoms with E-state index in [0.29, 0.717) is 12.1 Å². The van der Waals surface area contributed by atoms with Crippen LogP contribution in [0.25, 0.3) is 0 Å². The molecule has 2 rings (SSSR count). The van der Waals surface area contributed by atoms with Crippen LogP contribution in [0, 0.1) is 5.92 Å². The lowest BCUT2D eigenvalue weighted by Crippen LogP contribution is -2.31. The van der Waals surface area contributed by atoms with Crippen molar-refractivity contribution in [3.05, 3.63) is 0 Å². The number of hydrogen-bond acceptors (Lipinski definition) is 2. The van der Waals surface area contributed by atoms with Crippen molar-refractivity contribution in [2.24, 2.45) is 11.7 Å². The van der Waals surface area contributed by atoms with Gasteiger partial charge in [0, 0.05) is 12.6 Å². The van der Waals surface area contributed by atoms with Crippen molar-refractivity contribution in [1.82, 2.24) is 0 Å². The zero-order chi connectivity index (χ0) is 8.39. The molecule has 2 fully saturated rings. The summed E-state index contributed by atoms with van der Waals surface area (Å²) in [6, 6.07) is 0.323. The highest BCUT2D eigenvalue weighted by atomic mass is 16.5. The quantitative estimate of drug-likeness (QED) is 0.695. The fraction of sp³-hybridized carbons (Fsp3) is 1.00. The molecule has 0 aromatic rings. The van der Waals surface area contributed by atoms with Gasteiger partial charge in [-0.2, -0.15) is 0 Å². The minimum Gasteiger partial charge on any atom is -0.377 e. The van der Waals surface area contributed by atoms with Crippen LogP contribution >= 0.6 is 0 Å². The molecule has 2 heteroatoms. The lowest BCUT2D eigenvalue weighted by Gasteiger charge is -2.15. The zero-order valence-corrected chi connectivity index (χ0v) is 7.67. The first-order valence-corrected chi connectivity index (χ1v) is 5.23. The molecule has 0 bridgehead atoms. The van der Waals surface area contributed by atoms with Crippen LogP contribution in [-0.2, 0) is 4.74 Å². The van der Waals surface area contributed by atoms with E-state index in [9.17, 15) is 0 Å². The molecule has 2 N–H and O–H groups in total. The minimum atomic E-state index is 0.323. The largest absolute Gasteiger partial charge is 0.377 e. The van der Waals surface area contributed by atoms with E-state index in [1.165, 1.54) is 32.1 Å². The lowest BCUT2D eigenvalue weighted by atomic mass is 10.2. The maximum absolute atomic E-state index is 5.89. The third-order valence-electron chi connectivity index (χ3n) is 3.06. The van der Waals surface area contributed by atoms with Gasteiger partial charge in [-0.15, -0.1) is 0 Å². The Bertz CT molecular complexity index is 145. The number of ether oxygens (including phenoxy) is 1. The van der Waals surface area contributed by atoms with Gasteiger partial charge in [0.05, 0.1) is 6.10 Å². The van der Waals surface area contributed by atoms with Gasteiger partial charge in [-0.25, -0.2) is 0 Å². The highest BCUT2D eigenvalue weighted by molar-refractivity contribution is 4.81. The highest BCUT2D eigenvalue weighted by Gasteiger charge is 2.26. The number of hydrogen-bond donors (Lipinski definition) is 1. The van der Waals surface area contributed by atoms with Gasteiger partial charge in [0.1, 0.15) is 0 Å². The normalized spacial score (nSPS) is 35.8. The van der Waals surface area contributed by atoms with E-state index in [2.05, 4.69) is 0 Å². The average molecular weight is 169 g/mol. The molecule has 2 saturated carbocycles. The van der Waals surface area contributed by atoms with E-state index < -0.39 is 0 Å². The predicted molar refractivity (Wildman–Crippen MR) is 48.9 cm³/mol. The summed E-state index contributed by atoms with van der Waals surface area (Å²) in [5, 5.41) is 0. The molecule has 2 atom stereocenters. The van der Waals surface area contributed by atoms with Crippen LogP contribution in [0.15, 0.2) is 0 Å². The van der Waals surface area contributed by atoms with E-state index in [1.807, 2.05) is 0 Å². The molecule has 2 unspecified atom stereocenters. The molecule has 0 aromatic carbocycles. The summed E-state index contributed by atoms with van der Waals surface area (Å²) in [7, 11) is 0. The SMILES string of the molecule is NC1CCCC1OCCC1CC1. The van der Waals surface area contributed by atoms with Gasteiger partial charge in [-0.1, -0.05) is 12.8 Å². The Balaban J connectivity index is 1.58. The van der Waals surface area contributed by atoms with Gasteiger partial charge in [-0.05, 0) is 31.6 Å². The van der Waals surface area contributed by atoms with Gasteiger partial charge in [0.25, 0.3) is 0 Å². The van der Waals surface area contributed by atoms with Crippen molar-refractivity contribution in [3.8, 4) is 0 Å². The third-order valence-corrected chi connectivity index (χ3v) is 3.06. The maximum atomic E-state index is 5.89. The van der Waals surface area contributed by atoms with Crippen LogP contribution in [0.3, 0.4) is 0 Å². The van der Waals surface area contributed by atoms with Gasteiger partial charge in [0.2, 0.25) is 0 Å². The van der Waals surface area contributed by atoms with Crippen LogP contribution in [0.5, 0.6) is 0 Å². The molecule has 12 heavy (non-hydrogen) atoms. The van der Waals surface area contributed by atoms with Crippen molar-refractivity contribution in [3.63, 3.8) is 0 Å². The maximum Gasteiger partial charge on any atom is 0.0725 e. The van der Waals surface area contributed by atoms with E-state index in [0.717, 1.165) is 18.9 Å². The standard InChI is InChI=1S/C10H19NO/c11-9-2-1-3-10(9)12-7-6-8-4-5-8/h8-10H,1-7,11H2. The Morgan fingerprint density at radius 3 is 2.58 bits per heavy atom. The van der Waals surface area contributed by atoms with Gasteiger partial charge >= 0.3 is 0 Å². The highest BCUT2D eigenvalue weighted by Crippen LogP contribution is 2.32. The van der Waals surface area contributed by atoms with Crippen molar-refractivity contribution in [2.75, 3.05) is 6.61 Å². The van der Waals surface area contributed by atoms with E-state index >= 15 is 0 Å². The third kappa shape index (κ3) is 2.20. The summed E-state index contributed by atoms with van der Waals surface area (Å²) in [4.78, 5) is 0. The van der Waals surface area contributed by atoms with Crippen LogP contribution in [0.4, 0.5) is 0 Å². The first-order chi connectivity index (χ1) is 5.86. The molecule has 0 aromatic heterocycles. The summed E-state index contributed by atoms with van der Waals surface area (Å²) >= 11 is 0. The average Bonchev–Trinajstić information content (AvgIpc) is 2.78. The number of rotatable bonds is 4. The lowest BCUT2D eigenvalue weighted by molar-refractivity contribution is 0.0444. The van der Waals surface area contributed by atoms with Crippen molar-refractivity contribution in [1.29, 1.82) is 0 Å². The monoisotopic (exact) mass is 169 g/mol. The van der Waals surface area contributed by atoms with Gasteiger partial charge in [-0.3, -0.25) is 0 Å². The Morgan fingerprint density at radius 1 is 1.17 bits per heavy atom. The fourth-order valence-electron chi connectivity index (χ4n) is 1.95. The summed E-state index contributed by atoms with van der Waals surface area (Å²) in [6.45, 7) is 0.947. The minimum absolute atomic E-state index is 0.323.